The minimum Gasteiger partial charge on any atom is -0.508 e. The van der Waals surface area contributed by atoms with Crippen LogP contribution in [0.1, 0.15) is 62.4 Å². The van der Waals surface area contributed by atoms with Gasteiger partial charge in [0.2, 0.25) is 0 Å². The highest BCUT2D eigenvalue weighted by atomic mass is 16.7. The quantitative estimate of drug-likeness (QED) is 0.112. The van der Waals surface area contributed by atoms with Crippen molar-refractivity contribution in [3.8, 4) is 86.2 Å². The number of hydrogen-bond donors (Lipinski definition) is 13. The predicted octanol–water partition coefficient (Wildman–Crippen LogP) is 4.04. The topological polar surface area (TPSA) is 309 Å². The van der Waals surface area contributed by atoms with E-state index >= 15 is 0 Å². The number of fused-ring (bicyclic) bond motifs is 15. The molecule has 322 valence electrons. The number of hydrogen-bond acceptors (Lipinski definition) is 18. The minimum atomic E-state index is -2.43. The second kappa shape index (κ2) is 12.6. The van der Waals surface area contributed by atoms with Gasteiger partial charge in [0.1, 0.15) is 70.1 Å². The molecule has 0 spiro atoms. The standard InChI is InChI=1S/C45H34O18/c46-18-10-27(54)33-30(11-18)60-44(16-2-5-21(48)25(52)8-16)42(57)37(33)36-32(61-44)14-28(55)34-38-35-31(62-45(43(38)58,63-41(34)36)17-3-6-22(49)26(53)9-17)13-23(50)19-12-29(56)39(59-40(19)35)15-1-4-20(47)24(51)7-15/h1-11,13-14,29,37-39,42-43,46-58H,12H2/t29-,37+,38-,39-,42-,43-,44+,45-/m1/s1. The fourth-order valence-electron chi connectivity index (χ4n) is 9.70. The second-order valence-corrected chi connectivity index (χ2v) is 16.1. The maximum absolute atomic E-state index is 12.7. The third-order valence-electron chi connectivity index (χ3n) is 12.5. The number of benzene rings is 6. The summed E-state index contributed by atoms with van der Waals surface area (Å²) in [6.45, 7) is 0. The Balaban J connectivity index is 1.20. The summed E-state index contributed by atoms with van der Waals surface area (Å²) < 4.78 is 32.6. The zero-order valence-electron chi connectivity index (χ0n) is 32.0. The van der Waals surface area contributed by atoms with E-state index in [-0.39, 0.29) is 79.7 Å². The van der Waals surface area contributed by atoms with Gasteiger partial charge in [-0.15, -0.1) is 0 Å². The van der Waals surface area contributed by atoms with Gasteiger partial charge in [0, 0.05) is 69.6 Å². The monoisotopic (exact) mass is 862 g/mol. The first-order valence-electron chi connectivity index (χ1n) is 19.4. The van der Waals surface area contributed by atoms with Crippen LogP contribution in [0.5, 0.6) is 86.2 Å². The lowest BCUT2D eigenvalue weighted by Crippen LogP contribution is -2.59. The molecule has 0 unspecified atom stereocenters. The lowest BCUT2D eigenvalue weighted by atomic mass is 9.70. The van der Waals surface area contributed by atoms with Crippen molar-refractivity contribution in [1.29, 1.82) is 0 Å². The Labute approximate surface area is 353 Å². The Morgan fingerprint density at radius 2 is 0.921 bits per heavy atom. The van der Waals surface area contributed by atoms with E-state index < -0.39 is 105 Å². The third-order valence-corrected chi connectivity index (χ3v) is 12.5. The summed E-state index contributed by atoms with van der Waals surface area (Å²) >= 11 is 0. The molecule has 0 saturated carbocycles. The normalized spacial score (nSPS) is 26.7. The summed E-state index contributed by atoms with van der Waals surface area (Å²) in [4.78, 5) is 0. The van der Waals surface area contributed by atoms with Gasteiger partial charge in [-0.3, -0.25) is 0 Å². The number of rotatable bonds is 3. The highest BCUT2D eigenvalue weighted by Crippen LogP contribution is 2.67. The van der Waals surface area contributed by atoms with Gasteiger partial charge >= 0.3 is 11.6 Å². The molecule has 8 atom stereocenters. The van der Waals surface area contributed by atoms with Crippen molar-refractivity contribution in [3.05, 3.63) is 123 Å². The Morgan fingerprint density at radius 1 is 0.429 bits per heavy atom. The number of aliphatic hydroxyl groups excluding tert-OH is 3. The molecule has 0 fully saturated rings. The molecule has 63 heavy (non-hydrogen) atoms. The molecule has 0 aliphatic carbocycles. The molecular formula is C45H34O18. The van der Waals surface area contributed by atoms with Crippen LogP contribution in [0.4, 0.5) is 0 Å². The summed E-state index contributed by atoms with van der Waals surface area (Å²) in [6.07, 6.45) is -6.54. The van der Waals surface area contributed by atoms with E-state index in [1.807, 2.05) is 0 Å². The molecule has 18 heteroatoms. The lowest BCUT2D eigenvalue weighted by Gasteiger charge is -2.53. The van der Waals surface area contributed by atoms with Gasteiger partial charge in [-0.2, -0.15) is 0 Å². The Morgan fingerprint density at radius 3 is 1.51 bits per heavy atom. The molecule has 6 aromatic carbocycles. The van der Waals surface area contributed by atoms with Crippen LogP contribution in [0.3, 0.4) is 0 Å². The third kappa shape index (κ3) is 5.04. The second-order valence-electron chi connectivity index (χ2n) is 16.1. The number of phenolic OH excluding ortho intramolecular Hbond substituents is 10. The molecule has 4 bridgehead atoms. The number of phenols is 10. The molecule has 5 aliphatic rings. The fourth-order valence-corrected chi connectivity index (χ4v) is 9.70. The number of aromatic hydroxyl groups is 10. The molecule has 13 N–H and O–H groups in total. The SMILES string of the molecule is Oc1cc(O)c2c(c1)O[C@@]1(c3ccc(O)c(O)c3)Oc3cc(O)c4c(c3[C@H]2[C@H]1O)O[C@@]1(c2ccc(O)c(O)c2)Oc2cc(O)c3c(c2[C@@H]4[C@H]1O)O[C@H](c1ccc(O)c(O)c1)[C@H](O)C3. The van der Waals surface area contributed by atoms with Crippen LogP contribution in [-0.2, 0) is 18.0 Å². The molecule has 18 nitrogen and oxygen atoms in total. The van der Waals surface area contributed by atoms with Gasteiger partial charge in [-0.05, 0) is 54.1 Å². The maximum atomic E-state index is 12.7. The van der Waals surface area contributed by atoms with Gasteiger partial charge in [-0.1, -0.05) is 6.07 Å². The van der Waals surface area contributed by atoms with E-state index in [1.165, 1.54) is 36.4 Å². The number of aliphatic hydroxyl groups is 3. The van der Waals surface area contributed by atoms with Crippen molar-refractivity contribution >= 4 is 0 Å². The van der Waals surface area contributed by atoms with Gasteiger partial charge in [-0.25, -0.2) is 0 Å². The van der Waals surface area contributed by atoms with Crippen LogP contribution in [0.2, 0.25) is 0 Å². The van der Waals surface area contributed by atoms with Crippen molar-refractivity contribution in [3.63, 3.8) is 0 Å². The molecule has 5 aliphatic heterocycles. The molecule has 0 aromatic heterocycles. The predicted molar refractivity (Wildman–Crippen MR) is 210 cm³/mol. The highest BCUT2D eigenvalue weighted by molar-refractivity contribution is 5.73. The summed E-state index contributed by atoms with van der Waals surface area (Å²) in [5, 5.41) is 145. The molecule has 5 heterocycles. The van der Waals surface area contributed by atoms with Crippen LogP contribution in [-0.4, -0.2) is 84.7 Å². The summed E-state index contributed by atoms with van der Waals surface area (Å²) in [7, 11) is 0. The Hall–Kier alpha value is -7.80. The van der Waals surface area contributed by atoms with Crippen molar-refractivity contribution in [1.82, 2.24) is 0 Å². The van der Waals surface area contributed by atoms with Gasteiger partial charge in [0.15, 0.2) is 34.5 Å². The summed E-state index contributed by atoms with van der Waals surface area (Å²) in [6, 6.07) is 15.2. The van der Waals surface area contributed by atoms with Crippen molar-refractivity contribution < 1.29 is 90.1 Å². The van der Waals surface area contributed by atoms with Crippen LogP contribution in [0.25, 0.3) is 0 Å². The molecule has 6 aromatic rings. The van der Waals surface area contributed by atoms with Crippen molar-refractivity contribution in [2.75, 3.05) is 0 Å². The molecule has 11 rings (SSSR count). The zero-order valence-corrected chi connectivity index (χ0v) is 32.0. The fraction of sp³-hybridized carbons (Fsp3) is 0.200. The smallest absolute Gasteiger partial charge is 0.305 e. The molecular weight excluding hydrogens is 828 g/mol. The van der Waals surface area contributed by atoms with Gasteiger partial charge in [0.05, 0.1) is 17.9 Å². The van der Waals surface area contributed by atoms with E-state index in [4.69, 9.17) is 23.7 Å². The number of ether oxygens (including phenoxy) is 5. The average Bonchev–Trinajstić information content (AvgIpc) is 3.22. The van der Waals surface area contributed by atoms with Crippen LogP contribution in [0.15, 0.2) is 78.9 Å². The lowest BCUT2D eigenvalue weighted by molar-refractivity contribution is -0.227. The largest absolute Gasteiger partial charge is 0.508 e. The van der Waals surface area contributed by atoms with Gasteiger partial charge in [0.25, 0.3) is 0 Å². The van der Waals surface area contributed by atoms with E-state index in [0.29, 0.717) is 0 Å². The highest BCUT2D eigenvalue weighted by Gasteiger charge is 2.64. The van der Waals surface area contributed by atoms with Crippen molar-refractivity contribution in [2.45, 2.75) is 54.2 Å². The zero-order chi connectivity index (χ0) is 44.2. The Kier molecular flexibility index (Phi) is 7.65. The summed E-state index contributed by atoms with van der Waals surface area (Å²) in [5.41, 5.74) is -0.123. The molecule has 0 radical (unpaired) electrons. The van der Waals surface area contributed by atoms with Gasteiger partial charge < -0.3 is 90.1 Å². The first-order chi connectivity index (χ1) is 30.0. The van der Waals surface area contributed by atoms with Crippen molar-refractivity contribution in [2.24, 2.45) is 0 Å². The van der Waals surface area contributed by atoms with E-state index in [1.54, 1.807) is 0 Å². The Bertz CT molecular complexity index is 2990. The first-order valence-corrected chi connectivity index (χ1v) is 19.4. The minimum absolute atomic E-state index is 0.0277. The average molecular weight is 863 g/mol. The maximum Gasteiger partial charge on any atom is 0.305 e. The molecule has 0 saturated heterocycles. The van der Waals surface area contributed by atoms with E-state index in [9.17, 15) is 66.4 Å². The van der Waals surface area contributed by atoms with Crippen LogP contribution >= 0.6 is 0 Å². The van der Waals surface area contributed by atoms with E-state index in [0.717, 1.165) is 42.5 Å². The van der Waals surface area contributed by atoms with Crippen LogP contribution < -0.4 is 23.7 Å². The molecule has 0 amide bonds. The summed E-state index contributed by atoms with van der Waals surface area (Å²) in [5.74, 6) is -13.8. The first kappa shape index (κ1) is 38.1. The van der Waals surface area contributed by atoms with Crippen LogP contribution in [0, 0.1) is 0 Å². The van der Waals surface area contributed by atoms with E-state index in [2.05, 4.69) is 0 Å².